The van der Waals surface area contributed by atoms with E-state index in [1.807, 2.05) is 85.8 Å². The van der Waals surface area contributed by atoms with Crippen molar-refractivity contribution in [2.75, 3.05) is 32.1 Å². The fraction of sp³-hybridized carbons (Fsp3) is 0.321. The molecule has 3 aromatic carbocycles. The van der Waals surface area contributed by atoms with Crippen LogP contribution in [0.4, 0.5) is 5.69 Å². The van der Waals surface area contributed by atoms with Crippen LogP contribution in [0.15, 0.2) is 78.9 Å². The lowest BCUT2D eigenvalue weighted by molar-refractivity contribution is -0.118. The molecule has 5 nitrogen and oxygen atoms in total. The van der Waals surface area contributed by atoms with Crippen LogP contribution in [0.5, 0.6) is 5.75 Å². The minimum atomic E-state index is -1.05. The highest BCUT2D eigenvalue weighted by Crippen LogP contribution is 2.41. The molecule has 1 heterocycles. The Labute approximate surface area is 196 Å². The van der Waals surface area contributed by atoms with Gasteiger partial charge in [0, 0.05) is 0 Å². The molecule has 3 aromatic rings. The predicted molar refractivity (Wildman–Crippen MR) is 131 cm³/mol. The highest BCUT2D eigenvalue weighted by atomic mass is 16.5. The third kappa shape index (κ3) is 5.10. The lowest BCUT2D eigenvalue weighted by Gasteiger charge is -2.42. The fourth-order valence-corrected chi connectivity index (χ4v) is 4.84. The minimum absolute atomic E-state index is 0.0567. The number of nitrogens with one attached hydrogen (secondary N) is 1. The summed E-state index contributed by atoms with van der Waals surface area (Å²) in [6.45, 7) is 3.81. The van der Waals surface area contributed by atoms with Crippen molar-refractivity contribution in [1.82, 2.24) is 4.90 Å². The molecule has 0 radical (unpaired) electrons. The molecule has 2 N–H and O–H groups in total. The van der Waals surface area contributed by atoms with Crippen molar-refractivity contribution in [1.29, 1.82) is 0 Å². The van der Waals surface area contributed by atoms with Crippen molar-refractivity contribution < 1.29 is 14.6 Å². The van der Waals surface area contributed by atoms with Crippen LogP contribution in [0.25, 0.3) is 0 Å². The smallest absolute Gasteiger partial charge is 0.238 e. The number of rotatable bonds is 7. The Kier molecular flexibility index (Phi) is 7.11. The maximum atomic E-state index is 12.7. The van der Waals surface area contributed by atoms with Gasteiger partial charge in [0.1, 0.15) is 11.4 Å². The van der Waals surface area contributed by atoms with E-state index in [1.165, 1.54) is 0 Å². The van der Waals surface area contributed by atoms with Crippen LogP contribution in [0.2, 0.25) is 0 Å². The van der Waals surface area contributed by atoms with Crippen molar-refractivity contribution in [3.05, 3.63) is 95.6 Å². The molecule has 1 aliphatic heterocycles. The van der Waals surface area contributed by atoms with E-state index in [4.69, 9.17) is 4.74 Å². The van der Waals surface area contributed by atoms with Crippen molar-refractivity contribution in [2.24, 2.45) is 5.92 Å². The summed E-state index contributed by atoms with van der Waals surface area (Å²) in [6, 6.07) is 25.6. The molecule has 1 fully saturated rings. The number of hydrogen-bond acceptors (Lipinski definition) is 4. The first kappa shape index (κ1) is 23.0. The zero-order chi connectivity index (χ0) is 23.3. The Balaban J connectivity index is 1.43. The molecule has 1 amide bonds. The number of piperidine rings is 1. The maximum Gasteiger partial charge on any atom is 0.238 e. The lowest BCUT2D eigenvalue weighted by Crippen LogP contribution is -2.46. The third-order valence-electron chi connectivity index (χ3n) is 6.60. The first-order chi connectivity index (χ1) is 16.0. The number of methoxy groups -OCH3 is 1. The molecule has 0 atom stereocenters. The van der Waals surface area contributed by atoms with Gasteiger partial charge in [0.25, 0.3) is 0 Å². The van der Waals surface area contributed by atoms with Gasteiger partial charge in [-0.05, 0) is 67.6 Å². The quantitative estimate of drug-likeness (QED) is 0.560. The van der Waals surface area contributed by atoms with E-state index in [2.05, 4.69) is 10.2 Å². The van der Waals surface area contributed by atoms with Gasteiger partial charge in [0.2, 0.25) is 5.91 Å². The van der Waals surface area contributed by atoms with Gasteiger partial charge in [-0.25, -0.2) is 0 Å². The topological polar surface area (TPSA) is 61.8 Å². The van der Waals surface area contributed by atoms with Gasteiger partial charge < -0.3 is 15.2 Å². The van der Waals surface area contributed by atoms with Crippen LogP contribution >= 0.6 is 0 Å². The van der Waals surface area contributed by atoms with Gasteiger partial charge >= 0.3 is 0 Å². The van der Waals surface area contributed by atoms with Crippen LogP contribution in [0, 0.1) is 12.8 Å². The summed E-state index contributed by atoms with van der Waals surface area (Å²) in [5, 5.41) is 15.0. The number of carbonyl (C=O) groups excluding carboxylic acids is 1. The van der Waals surface area contributed by atoms with Crippen LogP contribution < -0.4 is 10.1 Å². The average molecular weight is 445 g/mol. The van der Waals surface area contributed by atoms with Crippen LogP contribution in [-0.2, 0) is 10.4 Å². The monoisotopic (exact) mass is 444 g/mol. The standard InChI is InChI=1S/C28H32N2O3/c1-21-13-14-26(33-2)25(19-21)29-27(31)20-30-17-15-24(16-18-30)28(32,22-9-5-3-6-10-22)23-11-7-4-8-12-23/h3-14,19,24,32H,15-18,20H2,1-2H3,(H,29,31). The first-order valence-corrected chi connectivity index (χ1v) is 11.5. The molecule has 4 rings (SSSR count). The van der Waals surface area contributed by atoms with Crippen LogP contribution in [0.1, 0.15) is 29.5 Å². The number of hydrogen-bond donors (Lipinski definition) is 2. The molecule has 5 heteroatoms. The molecule has 33 heavy (non-hydrogen) atoms. The second kappa shape index (κ2) is 10.2. The van der Waals surface area contributed by atoms with E-state index in [9.17, 15) is 9.90 Å². The lowest BCUT2D eigenvalue weighted by atomic mass is 9.72. The van der Waals surface area contributed by atoms with Gasteiger partial charge in [-0.15, -0.1) is 0 Å². The highest BCUT2D eigenvalue weighted by molar-refractivity contribution is 5.93. The molecule has 0 unspecified atom stereocenters. The molecule has 0 aromatic heterocycles. The Morgan fingerprint density at radius 3 is 2.12 bits per heavy atom. The average Bonchev–Trinajstić information content (AvgIpc) is 2.85. The SMILES string of the molecule is COc1ccc(C)cc1NC(=O)CN1CCC(C(O)(c2ccccc2)c2ccccc2)CC1. The summed E-state index contributed by atoms with van der Waals surface area (Å²) in [5.41, 5.74) is 2.54. The van der Waals surface area contributed by atoms with Crippen LogP contribution in [-0.4, -0.2) is 42.7 Å². The highest BCUT2D eigenvalue weighted by Gasteiger charge is 2.41. The van der Waals surface area contributed by atoms with Crippen molar-refractivity contribution in [2.45, 2.75) is 25.4 Å². The molecule has 1 saturated heterocycles. The Bertz CT molecular complexity index is 1020. The maximum absolute atomic E-state index is 12.7. The molecular formula is C28H32N2O3. The molecule has 0 bridgehead atoms. The van der Waals surface area contributed by atoms with Gasteiger partial charge in [-0.3, -0.25) is 9.69 Å². The number of ether oxygens (including phenoxy) is 1. The Morgan fingerprint density at radius 1 is 1.00 bits per heavy atom. The van der Waals surface area contributed by atoms with Crippen molar-refractivity contribution in [3.8, 4) is 5.75 Å². The number of benzene rings is 3. The zero-order valence-electron chi connectivity index (χ0n) is 19.3. The van der Waals surface area contributed by atoms with Gasteiger partial charge in [0.15, 0.2) is 0 Å². The number of nitrogens with zero attached hydrogens (tertiary/aromatic N) is 1. The van der Waals surface area contributed by atoms with Gasteiger partial charge in [-0.2, -0.15) is 0 Å². The second-order valence-electron chi connectivity index (χ2n) is 8.80. The van der Waals surface area contributed by atoms with E-state index in [0.29, 0.717) is 18.0 Å². The predicted octanol–water partition coefficient (Wildman–Crippen LogP) is 4.59. The number of anilines is 1. The minimum Gasteiger partial charge on any atom is -0.495 e. The van der Waals surface area contributed by atoms with E-state index < -0.39 is 5.60 Å². The first-order valence-electron chi connectivity index (χ1n) is 11.5. The molecule has 0 saturated carbocycles. The summed E-state index contributed by atoms with van der Waals surface area (Å²) >= 11 is 0. The van der Waals surface area contributed by atoms with E-state index in [0.717, 1.165) is 42.6 Å². The summed E-state index contributed by atoms with van der Waals surface area (Å²) in [5.74, 6) is 0.667. The second-order valence-corrected chi connectivity index (χ2v) is 8.80. The Morgan fingerprint density at radius 2 is 1.58 bits per heavy atom. The number of likely N-dealkylation sites (tertiary alicyclic amines) is 1. The van der Waals surface area contributed by atoms with E-state index in [-0.39, 0.29) is 11.8 Å². The molecule has 172 valence electrons. The summed E-state index contributed by atoms with van der Waals surface area (Å²) in [6.07, 6.45) is 1.61. The molecular weight excluding hydrogens is 412 g/mol. The zero-order valence-corrected chi connectivity index (χ0v) is 19.3. The largest absolute Gasteiger partial charge is 0.495 e. The molecule has 0 aliphatic carbocycles. The van der Waals surface area contributed by atoms with E-state index in [1.54, 1.807) is 7.11 Å². The summed E-state index contributed by atoms with van der Waals surface area (Å²) in [4.78, 5) is 14.9. The van der Waals surface area contributed by atoms with Crippen molar-refractivity contribution in [3.63, 3.8) is 0 Å². The number of aliphatic hydroxyl groups is 1. The third-order valence-corrected chi connectivity index (χ3v) is 6.60. The fourth-order valence-electron chi connectivity index (χ4n) is 4.84. The van der Waals surface area contributed by atoms with E-state index >= 15 is 0 Å². The summed E-state index contributed by atoms with van der Waals surface area (Å²) < 4.78 is 5.37. The number of aryl methyl sites for hydroxylation is 1. The normalized spacial score (nSPS) is 15.2. The molecule has 0 spiro atoms. The molecule has 1 aliphatic rings. The van der Waals surface area contributed by atoms with Gasteiger partial charge in [0.05, 0.1) is 19.3 Å². The number of amides is 1. The number of carbonyl (C=O) groups is 1. The van der Waals surface area contributed by atoms with Gasteiger partial charge in [-0.1, -0.05) is 66.7 Å². The van der Waals surface area contributed by atoms with Crippen molar-refractivity contribution >= 4 is 11.6 Å². The Hall–Kier alpha value is -3.15. The van der Waals surface area contributed by atoms with Crippen LogP contribution in [0.3, 0.4) is 0 Å². The summed E-state index contributed by atoms with van der Waals surface area (Å²) in [7, 11) is 1.60.